The Hall–Kier alpha value is -3.71. The van der Waals surface area contributed by atoms with Crippen LogP contribution in [0.15, 0.2) is 24.3 Å². The molecule has 8 nitrogen and oxygen atoms in total. The minimum absolute atomic E-state index is 0.0809. The number of benzene rings is 1. The zero-order valence-electron chi connectivity index (χ0n) is 23.3. The van der Waals surface area contributed by atoms with Gasteiger partial charge in [-0.15, -0.1) is 0 Å². The molecule has 0 radical (unpaired) electrons. The quantitative estimate of drug-likeness (QED) is 0.387. The molecule has 39 heavy (non-hydrogen) atoms. The highest BCUT2D eigenvalue weighted by molar-refractivity contribution is 5.89. The van der Waals surface area contributed by atoms with Gasteiger partial charge in [0, 0.05) is 12.2 Å². The minimum Gasteiger partial charge on any atom is -0.472 e. The number of aryl methyl sites for hydroxylation is 1. The molecule has 2 heterocycles. The zero-order chi connectivity index (χ0) is 29.0. The first-order valence-electron chi connectivity index (χ1n) is 12.5. The highest BCUT2D eigenvalue weighted by Crippen LogP contribution is 2.22. The lowest BCUT2D eigenvalue weighted by atomic mass is 10.1. The summed E-state index contributed by atoms with van der Waals surface area (Å²) in [4.78, 5) is 30.5. The maximum absolute atomic E-state index is 14.7. The summed E-state index contributed by atoms with van der Waals surface area (Å²) in [5, 5.41) is 0. The van der Waals surface area contributed by atoms with Gasteiger partial charge in [-0.25, -0.2) is 23.4 Å². The van der Waals surface area contributed by atoms with Gasteiger partial charge in [-0.1, -0.05) is 11.8 Å². The molecule has 0 aliphatic carbocycles. The van der Waals surface area contributed by atoms with E-state index in [0.29, 0.717) is 24.4 Å². The van der Waals surface area contributed by atoms with Crippen molar-refractivity contribution in [1.29, 1.82) is 0 Å². The number of amides is 1. The Morgan fingerprint density at radius 1 is 1.08 bits per heavy atom. The van der Waals surface area contributed by atoms with Crippen LogP contribution in [0.1, 0.15) is 68.7 Å². The molecule has 1 aromatic carbocycles. The Bertz CT molecular complexity index is 1260. The summed E-state index contributed by atoms with van der Waals surface area (Å²) in [5.74, 6) is 3.25. The lowest BCUT2D eigenvalue weighted by Crippen LogP contribution is -2.47. The molecule has 0 unspecified atom stereocenters. The summed E-state index contributed by atoms with van der Waals surface area (Å²) in [6.07, 6.45) is -1.02. The minimum atomic E-state index is -0.950. The van der Waals surface area contributed by atoms with Crippen molar-refractivity contribution in [2.75, 3.05) is 19.7 Å². The van der Waals surface area contributed by atoms with E-state index in [4.69, 9.17) is 18.9 Å². The van der Waals surface area contributed by atoms with Crippen molar-refractivity contribution in [3.8, 4) is 17.7 Å². The average molecular weight is 545 g/mol. The predicted octanol–water partition coefficient (Wildman–Crippen LogP) is 5.19. The molecule has 0 N–H and O–H groups in total. The first kappa shape index (κ1) is 29.8. The van der Waals surface area contributed by atoms with E-state index in [2.05, 4.69) is 16.8 Å². The van der Waals surface area contributed by atoms with E-state index in [-0.39, 0.29) is 23.6 Å². The number of carbonyl (C=O) groups excluding carboxylic acids is 2. The van der Waals surface area contributed by atoms with Gasteiger partial charge in [-0.3, -0.25) is 0 Å². The molecule has 1 saturated heterocycles. The molecule has 1 atom stereocenters. The largest absolute Gasteiger partial charge is 0.472 e. The van der Waals surface area contributed by atoms with Gasteiger partial charge in [0.25, 0.3) is 0 Å². The number of carbonyl (C=O) groups is 2. The summed E-state index contributed by atoms with van der Waals surface area (Å²) < 4.78 is 51.4. The second-order valence-corrected chi connectivity index (χ2v) is 11.1. The van der Waals surface area contributed by atoms with Gasteiger partial charge in [0.15, 0.2) is 0 Å². The topological polar surface area (TPSA) is 87.2 Å². The van der Waals surface area contributed by atoms with E-state index in [1.807, 2.05) is 0 Å². The molecular formula is C29H34F2N2O6. The molecule has 1 amide bonds. The second kappa shape index (κ2) is 12.0. The number of nitrogens with zero attached hydrogens (tertiary/aromatic N) is 2. The van der Waals surface area contributed by atoms with Crippen LogP contribution < -0.4 is 4.74 Å². The third-order valence-electron chi connectivity index (χ3n) is 5.21. The summed E-state index contributed by atoms with van der Waals surface area (Å²) in [7, 11) is 0. The average Bonchev–Trinajstić information content (AvgIpc) is 2.81. The highest BCUT2D eigenvalue weighted by Gasteiger charge is 2.27. The van der Waals surface area contributed by atoms with Crippen LogP contribution in [-0.4, -0.2) is 58.9 Å². The van der Waals surface area contributed by atoms with E-state index >= 15 is 0 Å². The number of morpholine rings is 1. The first-order valence-corrected chi connectivity index (χ1v) is 12.5. The molecular weight excluding hydrogens is 510 g/mol. The molecule has 0 bridgehead atoms. The molecule has 2 aromatic rings. The van der Waals surface area contributed by atoms with Crippen LogP contribution in [0.25, 0.3) is 0 Å². The van der Waals surface area contributed by atoms with E-state index < -0.39 is 47.6 Å². The molecule has 1 aliphatic rings. The van der Waals surface area contributed by atoms with Crippen LogP contribution in [-0.2, 0) is 20.8 Å². The Labute approximate surface area is 227 Å². The van der Waals surface area contributed by atoms with Crippen molar-refractivity contribution in [3.05, 3.63) is 58.3 Å². The molecule has 210 valence electrons. The Morgan fingerprint density at radius 3 is 2.33 bits per heavy atom. The van der Waals surface area contributed by atoms with Crippen LogP contribution in [0, 0.1) is 30.4 Å². The number of rotatable bonds is 4. The normalized spacial score (nSPS) is 15.7. The first-order chi connectivity index (χ1) is 18.1. The van der Waals surface area contributed by atoms with Crippen LogP contribution in [0.2, 0.25) is 0 Å². The van der Waals surface area contributed by atoms with E-state index in [1.165, 1.54) is 4.90 Å². The molecule has 0 spiro atoms. The SMILES string of the molecule is Cc1ccc(C#C[C@H]2CN(C(=O)OC(C)(C)C)CCO2)c(OCc2c(F)cc(C(=O)OC(C)(C)C)cc2F)n1. The molecule has 1 fully saturated rings. The smallest absolute Gasteiger partial charge is 0.410 e. The van der Waals surface area contributed by atoms with Crippen molar-refractivity contribution in [2.45, 2.75) is 72.4 Å². The monoisotopic (exact) mass is 544 g/mol. The summed E-state index contributed by atoms with van der Waals surface area (Å²) in [5.41, 5.74) is -1.04. The van der Waals surface area contributed by atoms with Gasteiger partial charge in [-0.05, 0) is 72.7 Å². The van der Waals surface area contributed by atoms with Crippen molar-refractivity contribution in [1.82, 2.24) is 9.88 Å². The number of pyridine rings is 1. The molecule has 10 heteroatoms. The second-order valence-electron chi connectivity index (χ2n) is 11.1. The summed E-state index contributed by atoms with van der Waals surface area (Å²) >= 11 is 0. The summed E-state index contributed by atoms with van der Waals surface area (Å²) in [6.45, 7) is 12.5. The number of halogens is 2. The van der Waals surface area contributed by atoms with Crippen molar-refractivity contribution in [2.24, 2.45) is 0 Å². The zero-order valence-corrected chi connectivity index (χ0v) is 23.3. The van der Waals surface area contributed by atoms with Crippen molar-refractivity contribution < 1.29 is 37.3 Å². The third kappa shape index (κ3) is 8.93. The lowest BCUT2D eigenvalue weighted by molar-refractivity contribution is -0.0236. The lowest BCUT2D eigenvalue weighted by Gasteiger charge is -2.32. The predicted molar refractivity (Wildman–Crippen MR) is 139 cm³/mol. The molecule has 3 rings (SSSR count). The maximum Gasteiger partial charge on any atom is 0.410 e. The Balaban J connectivity index is 1.74. The van der Waals surface area contributed by atoms with Gasteiger partial charge in [0.05, 0.1) is 29.8 Å². The van der Waals surface area contributed by atoms with E-state index in [1.54, 1.807) is 60.6 Å². The standard InChI is InChI=1S/C29H34F2N2O6/c1-18-8-9-19(10-11-21-16-33(12-13-36-21)27(35)39-29(5,6)7)25(32-18)37-17-22-23(30)14-20(15-24(22)31)26(34)38-28(2,3)4/h8-9,14-15,21H,12-13,16-17H2,1-7H3/t21-/m0/s1. The van der Waals surface area contributed by atoms with Gasteiger partial charge in [0.1, 0.15) is 35.5 Å². The number of ether oxygens (including phenoxy) is 4. The number of hydrogen-bond donors (Lipinski definition) is 0. The molecule has 1 aliphatic heterocycles. The fourth-order valence-corrected chi connectivity index (χ4v) is 3.46. The van der Waals surface area contributed by atoms with E-state index in [9.17, 15) is 18.4 Å². The molecule has 1 aromatic heterocycles. The van der Waals surface area contributed by atoms with Crippen molar-refractivity contribution >= 4 is 12.1 Å². The highest BCUT2D eigenvalue weighted by atomic mass is 19.1. The van der Waals surface area contributed by atoms with Gasteiger partial charge < -0.3 is 23.8 Å². The number of esters is 1. The van der Waals surface area contributed by atoms with Crippen LogP contribution in [0.5, 0.6) is 5.88 Å². The van der Waals surface area contributed by atoms with Gasteiger partial charge >= 0.3 is 12.1 Å². The Kier molecular flexibility index (Phi) is 9.18. The fraction of sp³-hybridized carbons (Fsp3) is 0.483. The van der Waals surface area contributed by atoms with Crippen molar-refractivity contribution in [3.63, 3.8) is 0 Å². The van der Waals surface area contributed by atoms with Gasteiger partial charge in [0.2, 0.25) is 5.88 Å². The van der Waals surface area contributed by atoms with Crippen LogP contribution >= 0.6 is 0 Å². The summed E-state index contributed by atoms with van der Waals surface area (Å²) in [6, 6.07) is 5.23. The number of aromatic nitrogens is 1. The number of hydrogen-bond acceptors (Lipinski definition) is 7. The van der Waals surface area contributed by atoms with Crippen LogP contribution in [0.4, 0.5) is 13.6 Å². The third-order valence-corrected chi connectivity index (χ3v) is 5.21. The maximum atomic E-state index is 14.7. The molecule has 0 saturated carbocycles. The Morgan fingerprint density at radius 2 is 1.72 bits per heavy atom. The fourth-order valence-electron chi connectivity index (χ4n) is 3.46. The van der Waals surface area contributed by atoms with Crippen LogP contribution in [0.3, 0.4) is 0 Å². The van der Waals surface area contributed by atoms with E-state index in [0.717, 1.165) is 12.1 Å². The van der Waals surface area contributed by atoms with Gasteiger partial charge in [-0.2, -0.15) is 0 Å².